The van der Waals surface area contributed by atoms with Gasteiger partial charge in [0.2, 0.25) is 0 Å². The zero-order valence-corrected chi connectivity index (χ0v) is 7.97. The van der Waals surface area contributed by atoms with E-state index in [1.54, 1.807) is 0 Å². The second-order valence-electron chi connectivity index (χ2n) is 2.77. The van der Waals surface area contributed by atoms with Crippen molar-refractivity contribution in [3.05, 3.63) is 35.5 Å². The number of pyridine rings is 1. The van der Waals surface area contributed by atoms with E-state index in [-0.39, 0.29) is 0 Å². The molecule has 2 nitrogen and oxygen atoms in total. The molecule has 2 rings (SSSR count). The van der Waals surface area contributed by atoms with Gasteiger partial charge >= 0.3 is 0 Å². The minimum atomic E-state index is 0.515. The average Bonchev–Trinajstić information content (AvgIpc) is 2.17. The number of fused-ring (bicyclic) bond motifs is 1. The van der Waals surface area contributed by atoms with E-state index in [1.165, 1.54) is 0 Å². The van der Waals surface area contributed by atoms with E-state index in [0.29, 0.717) is 5.15 Å². The predicted octanol–water partition coefficient (Wildman–Crippen LogP) is 2.93. The highest BCUT2D eigenvalue weighted by molar-refractivity contribution is 6.32. The first-order valence-corrected chi connectivity index (χ1v) is 4.42. The molecule has 0 aliphatic carbocycles. The Hall–Kier alpha value is -1.28. The van der Waals surface area contributed by atoms with Crippen LogP contribution >= 0.6 is 11.6 Å². The van der Waals surface area contributed by atoms with Crippen LogP contribution in [-0.4, -0.2) is 12.0 Å². The van der Waals surface area contributed by atoms with Gasteiger partial charge in [-0.3, -0.25) is 0 Å². The lowest BCUT2D eigenvalue weighted by atomic mass is 10.2. The molecule has 2 aromatic rings. The highest BCUT2D eigenvalue weighted by atomic mass is 35.5. The van der Waals surface area contributed by atoms with Gasteiger partial charge in [-0.2, -0.15) is 0 Å². The lowest BCUT2D eigenvalue weighted by Gasteiger charge is -2.04. The summed E-state index contributed by atoms with van der Waals surface area (Å²) in [6.45, 7) is 0. The minimum Gasteiger partial charge on any atom is -0.386 e. The molecule has 0 saturated carbocycles. The summed E-state index contributed by atoms with van der Waals surface area (Å²) in [5.74, 6) is 0. The zero-order valence-electron chi connectivity index (χ0n) is 7.21. The number of nitrogens with zero attached hydrogens (tertiary/aromatic N) is 1. The Morgan fingerprint density at radius 2 is 2.08 bits per heavy atom. The van der Waals surface area contributed by atoms with Crippen LogP contribution in [0.25, 0.3) is 10.9 Å². The molecule has 0 bridgehead atoms. The highest BCUT2D eigenvalue weighted by Gasteiger charge is 2.01. The van der Waals surface area contributed by atoms with Crippen LogP contribution < -0.4 is 5.32 Å². The van der Waals surface area contributed by atoms with Crippen LogP contribution in [0.2, 0.25) is 5.15 Å². The summed E-state index contributed by atoms with van der Waals surface area (Å²) in [5, 5.41) is 4.60. The topological polar surface area (TPSA) is 24.9 Å². The van der Waals surface area contributed by atoms with Crippen molar-refractivity contribution < 1.29 is 0 Å². The van der Waals surface area contributed by atoms with E-state index < -0.39 is 0 Å². The molecule has 3 heteroatoms. The Balaban J connectivity index is 2.74. The van der Waals surface area contributed by atoms with E-state index in [4.69, 9.17) is 11.6 Å². The molecule has 66 valence electrons. The molecule has 0 aliphatic rings. The first kappa shape index (κ1) is 8.32. The fourth-order valence-corrected chi connectivity index (χ4v) is 1.51. The van der Waals surface area contributed by atoms with Gasteiger partial charge in [-0.05, 0) is 12.1 Å². The zero-order chi connectivity index (χ0) is 9.26. The first-order valence-electron chi connectivity index (χ1n) is 4.04. The number of rotatable bonds is 1. The van der Waals surface area contributed by atoms with Gasteiger partial charge in [-0.1, -0.05) is 29.8 Å². The van der Waals surface area contributed by atoms with Gasteiger partial charge in [0.15, 0.2) is 5.15 Å². The lowest BCUT2D eigenvalue weighted by molar-refractivity contribution is 1.38. The molecule has 1 N–H and O–H groups in total. The Bertz CT molecular complexity index is 440. The third kappa shape index (κ3) is 1.45. The second kappa shape index (κ2) is 3.23. The third-order valence-electron chi connectivity index (χ3n) is 1.95. The van der Waals surface area contributed by atoms with Gasteiger partial charge in [0.05, 0.1) is 11.2 Å². The Morgan fingerprint density at radius 1 is 1.31 bits per heavy atom. The summed E-state index contributed by atoms with van der Waals surface area (Å²) in [6, 6.07) is 9.88. The van der Waals surface area contributed by atoms with Crippen molar-refractivity contribution in [1.82, 2.24) is 4.98 Å². The molecule has 0 amide bonds. The molecule has 1 heterocycles. The lowest BCUT2D eigenvalue weighted by Crippen LogP contribution is -1.91. The van der Waals surface area contributed by atoms with E-state index >= 15 is 0 Å². The monoisotopic (exact) mass is 192 g/mol. The van der Waals surface area contributed by atoms with Gasteiger partial charge in [0, 0.05) is 12.4 Å². The van der Waals surface area contributed by atoms with E-state index in [1.807, 2.05) is 37.4 Å². The van der Waals surface area contributed by atoms with Crippen molar-refractivity contribution in [3.8, 4) is 0 Å². The van der Waals surface area contributed by atoms with Crippen LogP contribution in [0.4, 0.5) is 5.69 Å². The van der Waals surface area contributed by atoms with Crippen molar-refractivity contribution in [2.45, 2.75) is 0 Å². The number of para-hydroxylation sites is 1. The van der Waals surface area contributed by atoms with Gasteiger partial charge in [-0.15, -0.1) is 0 Å². The number of anilines is 1. The largest absolute Gasteiger partial charge is 0.386 e. The molecule has 0 unspecified atom stereocenters. The Labute approximate surface area is 81.6 Å². The van der Waals surface area contributed by atoms with Crippen LogP contribution in [0, 0.1) is 0 Å². The standard InChI is InChI=1S/C10H9ClN2/c1-12-9-6-7-4-2-3-5-8(7)13-10(9)11/h2-6,12H,1H3. The molecule has 0 spiro atoms. The maximum atomic E-state index is 5.93. The fraction of sp³-hybridized carbons (Fsp3) is 0.100. The van der Waals surface area contributed by atoms with Crippen LogP contribution in [0.15, 0.2) is 30.3 Å². The van der Waals surface area contributed by atoms with Crippen molar-refractivity contribution in [3.63, 3.8) is 0 Å². The highest BCUT2D eigenvalue weighted by Crippen LogP contribution is 2.23. The molecule has 1 aromatic carbocycles. The number of nitrogens with one attached hydrogen (secondary N) is 1. The number of hydrogen-bond acceptors (Lipinski definition) is 2. The van der Waals surface area contributed by atoms with E-state index in [0.717, 1.165) is 16.6 Å². The van der Waals surface area contributed by atoms with E-state index in [2.05, 4.69) is 10.3 Å². The molecule has 13 heavy (non-hydrogen) atoms. The summed E-state index contributed by atoms with van der Waals surface area (Å²) in [4.78, 5) is 4.25. The SMILES string of the molecule is CNc1cc2ccccc2nc1Cl. The molecule has 0 atom stereocenters. The Kier molecular flexibility index (Phi) is 2.07. The summed E-state index contributed by atoms with van der Waals surface area (Å²) in [6.07, 6.45) is 0. The summed E-state index contributed by atoms with van der Waals surface area (Å²) < 4.78 is 0. The molecular formula is C10H9ClN2. The van der Waals surface area contributed by atoms with Crippen molar-refractivity contribution in [2.75, 3.05) is 12.4 Å². The normalized spacial score (nSPS) is 10.3. The molecule has 1 aromatic heterocycles. The first-order chi connectivity index (χ1) is 6.31. The molecule has 0 radical (unpaired) electrons. The average molecular weight is 193 g/mol. The Morgan fingerprint density at radius 3 is 2.85 bits per heavy atom. The van der Waals surface area contributed by atoms with Gasteiger partial charge in [0.25, 0.3) is 0 Å². The van der Waals surface area contributed by atoms with Gasteiger partial charge in [-0.25, -0.2) is 4.98 Å². The van der Waals surface area contributed by atoms with Crippen LogP contribution in [0.1, 0.15) is 0 Å². The number of benzene rings is 1. The van der Waals surface area contributed by atoms with Crippen molar-refractivity contribution >= 4 is 28.2 Å². The van der Waals surface area contributed by atoms with Crippen LogP contribution in [-0.2, 0) is 0 Å². The minimum absolute atomic E-state index is 0.515. The molecule has 0 aliphatic heterocycles. The predicted molar refractivity (Wildman–Crippen MR) is 56.3 cm³/mol. The maximum absolute atomic E-state index is 5.93. The van der Waals surface area contributed by atoms with Gasteiger partial charge < -0.3 is 5.32 Å². The second-order valence-corrected chi connectivity index (χ2v) is 3.13. The summed E-state index contributed by atoms with van der Waals surface area (Å²) >= 11 is 5.93. The summed E-state index contributed by atoms with van der Waals surface area (Å²) in [5.41, 5.74) is 1.78. The molecule has 0 fully saturated rings. The number of halogens is 1. The van der Waals surface area contributed by atoms with Crippen molar-refractivity contribution in [1.29, 1.82) is 0 Å². The van der Waals surface area contributed by atoms with Crippen LogP contribution in [0.3, 0.4) is 0 Å². The fourth-order valence-electron chi connectivity index (χ4n) is 1.27. The maximum Gasteiger partial charge on any atom is 0.152 e. The molecule has 0 saturated heterocycles. The smallest absolute Gasteiger partial charge is 0.152 e. The number of aromatic nitrogens is 1. The third-order valence-corrected chi connectivity index (χ3v) is 2.23. The van der Waals surface area contributed by atoms with E-state index in [9.17, 15) is 0 Å². The molecular weight excluding hydrogens is 184 g/mol. The quantitative estimate of drug-likeness (QED) is 0.703. The summed E-state index contributed by atoms with van der Waals surface area (Å²) in [7, 11) is 1.83. The van der Waals surface area contributed by atoms with Crippen LogP contribution in [0.5, 0.6) is 0 Å². The number of hydrogen-bond donors (Lipinski definition) is 1. The van der Waals surface area contributed by atoms with Gasteiger partial charge in [0.1, 0.15) is 0 Å². The van der Waals surface area contributed by atoms with Crippen molar-refractivity contribution in [2.24, 2.45) is 0 Å².